The molecule has 2 heterocycles. The van der Waals surface area contributed by atoms with Crippen molar-refractivity contribution in [1.29, 1.82) is 0 Å². The van der Waals surface area contributed by atoms with E-state index in [0.717, 1.165) is 45.5 Å². The van der Waals surface area contributed by atoms with E-state index in [4.69, 9.17) is 16.0 Å². The Morgan fingerprint density at radius 2 is 1.33 bits per heavy atom. The number of rotatable bonds is 6. The van der Waals surface area contributed by atoms with Crippen LogP contribution >= 0.6 is 35.1 Å². The van der Waals surface area contributed by atoms with Gasteiger partial charge in [-0.05, 0) is 77.6 Å². The number of hydrogen-bond acceptors (Lipinski definition) is 3. The van der Waals surface area contributed by atoms with Crippen molar-refractivity contribution in [3.05, 3.63) is 155 Å². The zero-order chi connectivity index (χ0) is 28.8. The molecule has 8 rings (SSSR count). The van der Waals surface area contributed by atoms with E-state index in [1.807, 2.05) is 6.07 Å². The summed E-state index contributed by atoms with van der Waals surface area (Å²) in [4.78, 5) is 4.98. The van der Waals surface area contributed by atoms with Gasteiger partial charge in [0.15, 0.2) is 0 Å². The van der Waals surface area contributed by atoms with Gasteiger partial charge in [-0.15, -0.1) is 0 Å². The van der Waals surface area contributed by atoms with Crippen molar-refractivity contribution in [2.24, 2.45) is 0 Å². The normalized spacial score (nSPS) is 13.1. The van der Waals surface area contributed by atoms with Gasteiger partial charge in [0.25, 0.3) is 0 Å². The van der Waals surface area contributed by atoms with Gasteiger partial charge < -0.3 is 4.42 Å². The van der Waals surface area contributed by atoms with Crippen molar-refractivity contribution in [3.63, 3.8) is 0 Å². The maximum absolute atomic E-state index is 6.59. The maximum atomic E-state index is 6.59. The van der Waals surface area contributed by atoms with E-state index in [1.165, 1.54) is 41.7 Å². The second-order valence-electron chi connectivity index (χ2n) is 11.0. The molecule has 4 heteroatoms. The highest BCUT2D eigenvalue weighted by Crippen LogP contribution is 2.50. The molecule has 7 aromatic rings. The molecule has 1 aliphatic heterocycles. The maximum Gasteiger partial charge on any atom is 0.143 e. The number of aryl methyl sites for hydroxylation is 1. The van der Waals surface area contributed by atoms with Crippen molar-refractivity contribution < 1.29 is 4.42 Å². The Kier molecular flexibility index (Phi) is 7.03. The van der Waals surface area contributed by atoms with Crippen LogP contribution in [0.1, 0.15) is 29.0 Å². The molecule has 0 N–H and O–H groups in total. The van der Waals surface area contributed by atoms with Gasteiger partial charge in [-0.1, -0.05) is 126 Å². The van der Waals surface area contributed by atoms with Crippen LogP contribution in [-0.2, 0) is 6.42 Å². The quantitative estimate of drug-likeness (QED) is 0.186. The van der Waals surface area contributed by atoms with Crippen LogP contribution in [0.5, 0.6) is 0 Å². The Hall–Kier alpha value is -3.89. The molecular weight excluding hydrogens is 584 g/mol. The molecule has 1 atom stereocenters. The van der Waals surface area contributed by atoms with Crippen molar-refractivity contribution in [2.75, 3.05) is 0 Å². The molecule has 0 aliphatic carbocycles. The third-order valence-corrected chi connectivity index (χ3v) is 11.1. The summed E-state index contributed by atoms with van der Waals surface area (Å²) in [7, 11) is 0. The fourth-order valence-electron chi connectivity index (χ4n) is 6.15. The summed E-state index contributed by atoms with van der Waals surface area (Å²) < 4.78 is 6.59. The van der Waals surface area contributed by atoms with Crippen LogP contribution in [0.15, 0.2) is 157 Å². The van der Waals surface area contributed by atoms with Crippen LogP contribution in [0, 0.1) is 0 Å². The predicted molar refractivity (Wildman–Crippen MR) is 182 cm³/mol. The standard InChI is InChI=1S/C39H27ClOS2/c40-29-17-21-36-38(24-29)43-37-23-28(16-20-35(37)42-36)31-12-7-13-32-33-22-27(15-19-34(33)41-39(31)32)30(26-10-5-2-6-11-26)18-14-25-8-3-1-4-9-25/h1-13,15-17,19-24,30H,14,18H2. The van der Waals surface area contributed by atoms with E-state index in [0.29, 0.717) is 5.92 Å². The number of fused-ring (bicyclic) bond motifs is 5. The lowest BCUT2D eigenvalue weighted by atomic mass is 9.85. The van der Waals surface area contributed by atoms with E-state index in [1.54, 1.807) is 23.5 Å². The van der Waals surface area contributed by atoms with Crippen LogP contribution in [0.4, 0.5) is 0 Å². The fourth-order valence-corrected chi connectivity index (χ4v) is 8.66. The molecule has 0 radical (unpaired) electrons. The first-order valence-corrected chi connectivity index (χ1v) is 16.5. The lowest BCUT2D eigenvalue weighted by Crippen LogP contribution is -2.03. The number of benzene rings is 6. The molecule has 0 spiro atoms. The Balaban J connectivity index is 1.18. The Labute approximate surface area is 264 Å². The van der Waals surface area contributed by atoms with Crippen LogP contribution in [0.3, 0.4) is 0 Å². The van der Waals surface area contributed by atoms with Crippen molar-refractivity contribution >= 4 is 57.1 Å². The largest absolute Gasteiger partial charge is 0.455 e. The monoisotopic (exact) mass is 610 g/mol. The first-order chi connectivity index (χ1) is 21.2. The second kappa shape index (κ2) is 11.3. The highest BCUT2D eigenvalue weighted by atomic mass is 35.5. The summed E-state index contributed by atoms with van der Waals surface area (Å²) in [5.74, 6) is 0.297. The van der Waals surface area contributed by atoms with Crippen molar-refractivity contribution in [3.8, 4) is 11.1 Å². The van der Waals surface area contributed by atoms with Crippen LogP contribution in [0.25, 0.3) is 33.1 Å². The molecule has 0 fully saturated rings. The number of hydrogen-bond donors (Lipinski definition) is 0. The lowest BCUT2D eigenvalue weighted by Gasteiger charge is -2.19. The third-order valence-electron chi connectivity index (χ3n) is 8.29. The van der Waals surface area contributed by atoms with Gasteiger partial charge in [0.1, 0.15) is 11.2 Å². The lowest BCUT2D eigenvalue weighted by molar-refractivity contribution is 0.668. The van der Waals surface area contributed by atoms with E-state index in [-0.39, 0.29) is 0 Å². The second-order valence-corrected chi connectivity index (χ2v) is 13.6. The van der Waals surface area contributed by atoms with Gasteiger partial charge in [0.05, 0.1) is 0 Å². The molecule has 1 aromatic heterocycles. The Morgan fingerprint density at radius 3 is 2.16 bits per heavy atom. The fraction of sp³-hybridized carbons (Fsp3) is 0.0769. The number of furan rings is 1. The molecule has 1 aliphatic rings. The van der Waals surface area contributed by atoms with Gasteiger partial charge in [-0.3, -0.25) is 0 Å². The third kappa shape index (κ3) is 5.16. The highest BCUT2D eigenvalue weighted by molar-refractivity contribution is 8.05. The summed E-state index contributed by atoms with van der Waals surface area (Å²) in [5.41, 5.74) is 8.17. The predicted octanol–water partition coefficient (Wildman–Crippen LogP) is 12.3. The first kappa shape index (κ1) is 26.7. The zero-order valence-electron chi connectivity index (χ0n) is 23.3. The molecule has 1 unspecified atom stereocenters. The summed E-state index contributed by atoms with van der Waals surface area (Å²) in [6.07, 6.45) is 2.07. The SMILES string of the molecule is Clc1ccc2c(c1)Sc1cc(-c3cccc4c3oc3ccc(C(CCc5ccccc5)c5ccccc5)cc34)ccc1S2. The van der Waals surface area contributed by atoms with E-state index in [9.17, 15) is 0 Å². The van der Waals surface area contributed by atoms with Crippen LogP contribution < -0.4 is 0 Å². The first-order valence-electron chi connectivity index (χ1n) is 14.5. The zero-order valence-corrected chi connectivity index (χ0v) is 25.7. The summed E-state index contributed by atoms with van der Waals surface area (Å²) in [6, 6.07) is 47.8. The molecule has 0 amide bonds. The van der Waals surface area contributed by atoms with Gasteiger partial charge >= 0.3 is 0 Å². The van der Waals surface area contributed by atoms with E-state index < -0.39 is 0 Å². The van der Waals surface area contributed by atoms with Crippen LogP contribution in [-0.4, -0.2) is 0 Å². The van der Waals surface area contributed by atoms with Gasteiger partial charge in [-0.2, -0.15) is 0 Å². The van der Waals surface area contributed by atoms with Crippen molar-refractivity contribution in [2.45, 2.75) is 38.3 Å². The Bertz CT molecular complexity index is 2100. The average molecular weight is 611 g/mol. The van der Waals surface area contributed by atoms with Gasteiger partial charge in [-0.25, -0.2) is 0 Å². The van der Waals surface area contributed by atoms with Crippen molar-refractivity contribution in [1.82, 2.24) is 0 Å². The van der Waals surface area contributed by atoms with Crippen LogP contribution in [0.2, 0.25) is 5.02 Å². The molecule has 0 saturated heterocycles. The number of para-hydroxylation sites is 1. The molecule has 6 aromatic carbocycles. The minimum Gasteiger partial charge on any atom is -0.455 e. The van der Waals surface area contributed by atoms with Gasteiger partial charge in [0, 0.05) is 46.9 Å². The minimum absolute atomic E-state index is 0.297. The smallest absolute Gasteiger partial charge is 0.143 e. The highest BCUT2D eigenvalue weighted by Gasteiger charge is 2.21. The molecule has 1 nitrogen and oxygen atoms in total. The van der Waals surface area contributed by atoms with Gasteiger partial charge in [0.2, 0.25) is 0 Å². The van der Waals surface area contributed by atoms with E-state index >= 15 is 0 Å². The Morgan fingerprint density at radius 1 is 0.581 bits per heavy atom. The molecular formula is C39H27ClOS2. The molecule has 0 bridgehead atoms. The topological polar surface area (TPSA) is 13.1 Å². The molecule has 43 heavy (non-hydrogen) atoms. The summed E-state index contributed by atoms with van der Waals surface area (Å²) in [5, 5.41) is 3.09. The average Bonchev–Trinajstić information content (AvgIpc) is 3.43. The summed E-state index contributed by atoms with van der Waals surface area (Å²) in [6.45, 7) is 0. The minimum atomic E-state index is 0.297. The molecule has 0 saturated carbocycles. The number of halogens is 1. The summed E-state index contributed by atoms with van der Waals surface area (Å²) >= 11 is 9.90. The molecule has 208 valence electrons. The van der Waals surface area contributed by atoms with E-state index in [2.05, 4.69) is 127 Å².